The summed E-state index contributed by atoms with van der Waals surface area (Å²) >= 11 is 0. The van der Waals surface area contributed by atoms with Crippen LogP contribution >= 0.6 is 0 Å². The molecular formula is C19H25N3O. The fourth-order valence-electron chi connectivity index (χ4n) is 4.20. The molecule has 23 heavy (non-hydrogen) atoms. The molecule has 2 aromatic rings. The third-order valence-electron chi connectivity index (χ3n) is 5.39. The number of hydrazine groups is 1. The van der Waals surface area contributed by atoms with Crippen LogP contribution in [0.4, 0.5) is 0 Å². The SMILES string of the molecule is OCCCN1CCC2NNC(c3cccc4ccccc34)C2C1. The van der Waals surface area contributed by atoms with E-state index in [0.717, 1.165) is 26.1 Å². The number of likely N-dealkylation sites (tertiary alicyclic amines) is 1. The molecule has 3 N–H and O–H groups in total. The molecule has 3 atom stereocenters. The van der Waals surface area contributed by atoms with Gasteiger partial charge in [-0.2, -0.15) is 0 Å². The van der Waals surface area contributed by atoms with Crippen molar-refractivity contribution in [3.63, 3.8) is 0 Å². The van der Waals surface area contributed by atoms with Gasteiger partial charge >= 0.3 is 0 Å². The Balaban J connectivity index is 1.61. The van der Waals surface area contributed by atoms with E-state index in [0.29, 0.717) is 18.0 Å². The van der Waals surface area contributed by atoms with Crippen molar-refractivity contribution in [2.24, 2.45) is 5.92 Å². The number of nitrogens with zero attached hydrogens (tertiary/aromatic N) is 1. The summed E-state index contributed by atoms with van der Waals surface area (Å²) in [7, 11) is 0. The van der Waals surface area contributed by atoms with Gasteiger partial charge in [0, 0.05) is 31.7 Å². The highest BCUT2D eigenvalue weighted by Gasteiger charge is 2.40. The maximum absolute atomic E-state index is 9.08. The minimum atomic E-state index is 0.286. The fraction of sp³-hybridized carbons (Fsp3) is 0.474. The van der Waals surface area contributed by atoms with Crippen molar-refractivity contribution in [3.8, 4) is 0 Å². The van der Waals surface area contributed by atoms with E-state index in [2.05, 4.69) is 58.2 Å². The predicted molar refractivity (Wildman–Crippen MR) is 93.0 cm³/mol. The summed E-state index contributed by atoms with van der Waals surface area (Å²) < 4.78 is 0. The first-order chi connectivity index (χ1) is 11.4. The van der Waals surface area contributed by atoms with E-state index in [1.54, 1.807) is 0 Å². The molecule has 0 amide bonds. The highest BCUT2D eigenvalue weighted by Crippen LogP contribution is 2.36. The van der Waals surface area contributed by atoms with E-state index in [1.807, 2.05) is 0 Å². The summed E-state index contributed by atoms with van der Waals surface area (Å²) in [5.74, 6) is 0.577. The molecule has 2 fully saturated rings. The molecule has 4 rings (SSSR count). The van der Waals surface area contributed by atoms with E-state index in [4.69, 9.17) is 5.11 Å². The van der Waals surface area contributed by atoms with Gasteiger partial charge < -0.3 is 10.0 Å². The molecule has 0 aliphatic carbocycles. The average molecular weight is 311 g/mol. The Labute approximate surface area is 137 Å². The first-order valence-corrected chi connectivity index (χ1v) is 8.69. The topological polar surface area (TPSA) is 47.5 Å². The van der Waals surface area contributed by atoms with Crippen LogP contribution in [0.3, 0.4) is 0 Å². The van der Waals surface area contributed by atoms with Gasteiger partial charge in [-0.3, -0.25) is 5.43 Å². The van der Waals surface area contributed by atoms with E-state index < -0.39 is 0 Å². The average Bonchev–Trinajstić information content (AvgIpc) is 3.02. The van der Waals surface area contributed by atoms with Gasteiger partial charge in [0.2, 0.25) is 0 Å². The van der Waals surface area contributed by atoms with Crippen LogP contribution in [0.1, 0.15) is 24.4 Å². The van der Waals surface area contributed by atoms with Crippen LogP contribution in [0.25, 0.3) is 10.8 Å². The lowest BCUT2D eigenvalue weighted by molar-refractivity contribution is 0.143. The summed E-state index contributed by atoms with van der Waals surface area (Å²) in [6, 6.07) is 16.2. The van der Waals surface area contributed by atoms with E-state index >= 15 is 0 Å². The third-order valence-corrected chi connectivity index (χ3v) is 5.39. The van der Waals surface area contributed by atoms with Crippen LogP contribution in [0.2, 0.25) is 0 Å². The molecule has 0 radical (unpaired) electrons. The number of hydrogen-bond acceptors (Lipinski definition) is 4. The summed E-state index contributed by atoms with van der Waals surface area (Å²) in [5, 5.41) is 11.7. The Bertz CT molecular complexity index is 669. The lowest BCUT2D eigenvalue weighted by Gasteiger charge is -2.36. The number of aliphatic hydroxyl groups excluding tert-OH is 1. The van der Waals surface area contributed by atoms with Crippen LogP contribution in [0.5, 0.6) is 0 Å². The molecule has 0 bridgehead atoms. The molecule has 4 heteroatoms. The molecule has 3 unspecified atom stereocenters. The minimum Gasteiger partial charge on any atom is -0.396 e. The smallest absolute Gasteiger partial charge is 0.0524 e. The molecular weight excluding hydrogens is 286 g/mol. The summed E-state index contributed by atoms with van der Waals surface area (Å²) in [4.78, 5) is 2.50. The Morgan fingerprint density at radius 2 is 1.96 bits per heavy atom. The maximum Gasteiger partial charge on any atom is 0.0524 e. The third kappa shape index (κ3) is 2.88. The van der Waals surface area contributed by atoms with Gasteiger partial charge in [0.25, 0.3) is 0 Å². The minimum absolute atomic E-state index is 0.286. The van der Waals surface area contributed by atoms with Crippen molar-refractivity contribution >= 4 is 10.8 Å². The molecule has 0 spiro atoms. The maximum atomic E-state index is 9.08. The first kappa shape index (κ1) is 15.1. The number of fused-ring (bicyclic) bond motifs is 2. The first-order valence-electron chi connectivity index (χ1n) is 8.69. The van der Waals surface area contributed by atoms with Gasteiger partial charge in [-0.1, -0.05) is 42.5 Å². The van der Waals surface area contributed by atoms with Crippen molar-refractivity contribution in [2.45, 2.75) is 24.9 Å². The lowest BCUT2D eigenvalue weighted by Crippen LogP contribution is -2.45. The molecule has 122 valence electrons. The van der Waals surface area contributed by atoms with Crippen molar-refractivity contribution in [1.82, 2.24) is 15.8 Å². The zero-order valence-electron chi connectivity index (χ0n) is 13.4. The zero-order valence-corrected chi connectivity index (χ0v) is 13.4. The second-order valence-corrected chi connectivity index (χ2v) is 6.77. The van der Waals surface area contributed by atoms with Crippen molar-refractivity contribution in [3.05, 3.63) is 48.0 Å². The van der Waals surface area contributed by atoms with Gasteiger partial charge in [-0.05, 0) is 35.7 Å². The number of nitrogens with one attached hydrogen (secondary N) is 2. The van der Waals surface area contributed by atoms with Crippen LogP contribution in [-0.4, -0.2) is 42.3 Å². The van der Waals surface area contributed by atoms with Crippen LogP contribution in [0, 0.1) is 5.92 Å². The quantitative estimate of drug-likeness (QED) is 0.809. The second-order valence-electron chi connectivity index (χ2n) is 6.77. The Kier molecular flexibility index (Phi) is 4.31. The normalized spacial score (nSPS) is 28.1. The highest BCUT2D eigenvalue weighted by molar-refractivity contribution is 5.86. The molecule has 0 saturated carbocycles. The molecule has 2 saturated heterocycles. The molecule has 0 aromatic heterocycles. The van der Waals surface area contributed by atoms with Crippen molar-refractivity contribution in [1.29, 1.82) is 0 Å². The van der Waals surface area contributed by atoms with E-state index in [9.17, 15) is 0 Å². The van der Waals surface area contributed by atoms with E-state index in [-0.39, 0.29) is 6.61 Å². The van der Waals surface area contributed by atoms with Gasteiger partial charge in [0.15, 0.2) is 0 Å². The number of aliphatic hydroxyl groups is 1. The van der Waals surface area contributed by atoms with Gasteiger partial charge in [-0.25, -0.2) is 5.43 Å². The zero-order chi connectivity index (χ0) is 15.6. The summed E-state index contributed by atoms with van der Waals surface area (Å²) in [6.45, 7) is 3.51. The molecule has 2 aliphatic rings. The molecule has 4 nitrogen and oxygen atoms in total. The standard InChI is InChI=1S/C19H25N3O/c23-12-4-10-22-11-9-18-17(13-22)19(21-20-18)16-8-3-6-14-5-1-2-7-15(14)16/h1-3,5-8,17-21,23H,4,9-13H2. The Morgan fingerprint density at radius 3 is 2.87 bits per heavy atom. The Hall–Kier alpha value is -1.46. The van der Waals surface area contributed by atoms with E-state index in [1.165, 1.54) is 22.8 Å². The summed E-state index contributed by atoms with van der Waals surface area (Å²) in [6.07, 6.45) is 2.04. The van der Waals surface area contributed by atoms with Gasteiger partial charge in [0.05, 0.1) is 6.04 Å². The van der Waals surface area contributed by atoms with Gasteiger partial charge in [0.1, 0.15) is 0 Å². The number of rotatable bonds is 4. The van der Waals surface area contributed by atoms with Crippen LogP contribution < -0.4 is 10.9 Å². The number of benzene rings is 2. The summed E-state index contributed by atoms with van der Waals surface area (Å²) in [5.41, 5.74) is 8.48. The fourth-order valence-corrected chi connectivity index (χ4v) is 4.20. The largest absolute Gasteiger partial charge is 0.396 e. The van der Waals surface area contributed by atoms with Crippen LogP contribution in [0.15, 0.2) is 42.5 Å². The second kappa shape index (κ2) is 6.57. The number of piperidine rings is 1. The van der Waals surface area contributed by atoms with Crippen molar-refractivity contribution in [2.75, 3.05) is 26.2 Å². The monoisotopic (exact) mass is 311 g/mol. The number of hydrogen-bond donors (Lipinski definition) is 3. The lowest BCUT2D eigenvalue weighted by atomic mass is 9.83. The van der Waals surface area contributed by atoms with Crippen molar-refractivity contribution < 1.29 is 5.11 Å². The molecule has 2 heterocycles. The molecule has 2 aromatic carbocycles. The molecule has 2 aliphatic heterocycles. The predicted octanol–water partition coefficient (Wildman–Crippen LogP) is 2.06. The van der Waals surface area contributed by atoms with Crippen LogP contribution in [-0.2, 0) is 0 Å². The Morgan fingerprint density at radius 1 is 1.09 bits per heavy atom. The highest BCUT2D eigenvalue weighted by atomic mass is 16.3. The van der Waals surface area contributed by atoms with Gasteiger partial charge in [-0.15, -0.1) is 0 Å².